The summed E-state index contributed by atoms with van der Waals surface area (Å²) in [5.74, 6) is -1.02. The van der Waals surface area contributed by atoms with Crippen molar-refractivity contribution in [1.29, 1.82) is 0 Å². The molecule has 0 aliphatic rings. The van der Waals surface area contributed by atoms with Crippen molar-refractivity contribution in [2.75, 3.05) is 13.2 Å². The van der Waals surface area contributed by atoms with Crippen LogP contribution in [0.1, 0.15) is 226 Å². The minimum Gasteiger partial charge on any atom is -0.462 e. The molecule has 0 aromatic rings. The lowest BCUT2D eigenvalue weighted by Crippen LogP contribution is -2.30. The van der Waals surface area contributed by atoms with Crippen LogP contribution >= 0.6 is 0 Å². The van der Waals surface area contributed by atoms with Gasteiger partial charge in [-0.15, -0.1) is 0 Å². The molecular weight excluding hydrogens is 829 g/mol. The summed E-state index contributed by atoms with van der Waals surface area (Å²) < 4.78 is 16.7. The molecule has 0 aliphatic carbocycles. The molecule has 0 amide bonds. The fraction of sp³-hybridized carbons (Fsp3) is 0.623. The number of unbranched alkanes of at least 4 members (excludes halogenated alkanes) is 16. The second-order valence-corrected chi connectivity index (χ2v) is 17.4. The molecule has 0 aromatic carbocycles. The maximum absolute atomic E-state index is 12.8. The van der Waals surface area contributed by atoms with Crippen LogP contribution in [0.3, 0.4) is 0 Å². The van der Waals surface area contributed by atoms with Crippen LogP contribution < -0.4 is 0 Å². The smallest absolute Gasteiger partial charge is 0.306 e. The van der Waals surface area contributed by atoms with Crippen LogP contribution in [0.2, 0.25) is 0 Å². The molecule has 0 radical (unpaired) electrons. The molecule has 0 rings (SSSR count). The molecule has 0 bridgehead atoms. The zero-order valence-electron chi connectivity index (χ0n) is 43.1. The molecule has 0 fully saturated rings. The molecule has 0 saturated carbocycles. The van der Waals surface area contributed by atoms with Crippen molar-refractivity contribution < 1.29 is 28.6 Å². The van der Waals surface area contributed by atoms with E-state index in [9.17, 15) is 14.4 Å². The molecule has 0 spiro atoms. The van der Waals surface area contributed by atoms with Crippen LogP contribution in [-0.4, -0.2) is 37.2 Å². The number of allylic oxidation sites excluding steroid dienone is 20. The number of hydrogen-bond acceptors (Lipinski definition) is 6. The Bertz CT molecular complexity index is 1440. The second kappa shape index (κ2) is 54.4. The lowest BCUT2D eigenvalue weighted by molar-refractivity contribution is -0.167. The predicted octanol–water partition coefficient (Wildman–Crippen LogP) is 18.1. The Kier molecular flexibility index (Phi) is 51.0. The van der Waals surface area contributed by atoms with Crippen LogP contribution in [0.25, 0.3) is 0 Å². The Hall–Kier alpha value is -4.19. The van der Waals surface area contributed by atoms with Crippen molar-refractivity contribution in [2.24, 2.45) is 0 Å². The highest BCUT2D eigenvalue weighted by Gasteiger charge is 2.19. The molecular formula is C61H98O6. The average molecular weight is 927 g/mol. The summed E-state index contributed by atoms with van der Waals surface area (Å²) in [4.78, 5) is 38.1. The first-order valence-corrected chi connectivity index (χ1v) is 27.0. The zero-order chi connectivity index (χ0) is 48.6. The average Bonchev–Trinajstić information content (AvgIpc) is 3.33. The van der Waals surface area contributed by atoms with Gasteiger partial charge in [-0.05, 0) is 122 Å². The Balaban J connectivity index is 4.56. The molecule has 0 saturated heterocycles. The van der Waals surface area contributed by atoms with Crippen LogP contribution in [0.15, 0.2) is 122 Å². The van der Waals surface area contributed by atoms with Crippen molar-refractivity contribution in [3.05, 3.63) is 122 Å². The van der Waals surface area contributed by atoms with Crippen molar-refractivity contribution in [3.8, 4) is 0 Å². The van der Waals surface area contributed by atoms with Gasteiger partial charge in [-0.25, -0.2) is 0 Å². The summed E-state index contributed by atoms with van der Waals surface area (Å²) in [6.45, 7) is 6.32. The first kappa shape index (κ1) is 62.8. The van der Waals surface area contributed by atoms with Gasteiger partial charge in [0.05, 0.1) is 0 Å². The first-order chi connectivity index (χ1) is 33.0. The summed E-state index contributed by atoms with van der Waals surface area (Å²) in [7, 11) is 0. The van der Waals surface area contributed by atoms with Gasteiger partial charge < -0.3 is 14.2 Å². The summed E-state index contributed by atoms with van der Waals surface area (Å²) in [6.07, 6.45) is 74.7. The number of ether oxygens (including phenoxy) is 3. The Morgan fingerprint density at radius 2 is 0.597 bits per heavy atom. The van der Waals surface area contributed by atoms with Crippen molar-refractivity contribution in [1.82, 2.24) is 0 Å². The molecule has 6 heteroatoms. The largest absolute Gasteiger partial charge is 0.462 e. The van der Waals surface area contributed by atoms with E-state index in [0.29, 0.717) is 19.3 Å². The van der Waals surface area contributed by atoms with E-state index in [1.807, 2.05) is 0 Å². The fourth-order valence-corrected chi connectivity index (χ4v) is 6.93. The highest BCUT2D eigenvalue weighted by atomic mass is 16.6. The Morgan fingerprint density at radius 1 is 0.313 bits per heavy atom. The minimum absolute atomic E-state index is 0.118. The van der Waals surface area contributed by atoms with Crippen LogP contribution in [-0.2, 0) is 28.6 Å². The summed E-state index contributed by atoms with van der Waals surface area (Å²) in [5.41, 5.74) is 0. The molecule has 1 atom stereocenters. The normalized spacial score (nSPS) is 13.1. The first-order valence-electron chi connectivity index (χ1n) is 27.0. The third kappa shape index (κ3) is 52.6. The van der Waals surface area contributed by atoms with Crippen LogP contribution in [0.5, 0.6) is 0 Å². The van der Waals surface area contributed by atoms with E-state index in [1.165, 1.54) is 44.9 Å². The number of hydrogen-bond donors (Lipinski definition) is 0. The van der Waals surface area contributed by atoms with Gasteiger partial charge in [0.25, 0.3) is 0 Å². The summed E-state index contributed by atoms with van der Waals surface area (Å²) in [5, 5.41) is 0. The van der Waals surface area contributed by atoms with E-state index in [-0.39, 0.29) is 37.5 Å². The molecule has 378 valence electrons. The monoisotopic (exact) mass is 927 g/mol. The molecule has 6 nitrogen and oxygen atoms in total. The molecule has 0 aromatic heterocycles. The van der Waals surface area contributed by atoms with E-state index >= 15 is 0 Å². The molecule has 67 heavy (non-hydrogen) atoms. The molecule has 0 unspecified atom stereocenters. The van der Waals surface area contributed by atoms with Crippen LogP contribution in [0, 0.1) is 0 Å². The van der Waals surface area contributed by atoms with E-state index in [2.05, 4.69) is 142 Å². The summed E-state index contributed by atoms with van der Waals surface area (Å²) in [6, 6.07) is 0. The second-order valence-electron chi connectivity index (χ2n) is 17.4. The lowest BCUT2D eigenvalue weighted by Gasteiger charge is -2.18. The van der Waals surface area contributed by atoms with Gasteiger partial charge in [-0.2, -0.15) is 0 Å². The standard InChI is InChI=1S/C61H98O6/c1-4-7-10-13-16-19-22-25-28-30-33-36-39-42-45-48-51-54-60(63)66-57-58(56-65-59(62)53-50-47-44-41-38-35-32-27-24-21-18-15-12-9-6-3)67-61(64)55-52-49-46-43-40-37-34-31-29-26-23-20-17-14-11-8-5-2/h7,9-10,12,16,18-19,21,25-29,32-34,36-37,43,46,58H,4-6,8,11,13-15,17,20,22-24,30-31,35,38-42,44-45,47-57H2,1-3H3/b10-7-,12-9-,19-16-,21-18-,28-25-,29-26-,32-27-,36-33-,37-34-,46-43-/t58-/m0/s1. The number of carbonyl (C=O) groups excluding carboxylic acids is 3. The number of carbonyl (C=O) groups is 3. The highest BCUT2D eigenvalue weighted by Crippen LogP contribution is 2.12. The zero-order valence-corrected chi connectivity index (χ0v) is 43.1. The molecule has 0 aliphatic heterocycles. The lowest BCUT2D eigenvalue weighted by atomic mass is 10.1. The van der Waals surface area contributed by atoms with Gasteiger partial charge in [-0.3, -0.25) is 14.4 Å². The van der Waals surface area contributed by atoms with Gasteiger partial charge in [0, 0.05) is 19.3 Å². The highest BCUT2D eigenvalue weighted by molar-refractivity contribution is 5.71. The summed E-state index contributed by atoms with van der Waals surface area (Å²) >= 11 is 0. The minimum atomic E-state index is -0.826. The van der Waals surface area contributed by atoms with E-state index < -0.39 is 6.10 Å². The van der Waals surface area contributed by atoms with Crippen molar-refractivity contribution in [3.63, 3.8) is 0 Å². The van der Waals surface area contributed by atoms with E-state index in [0.717, 1.165) is 135 Å². The van der Waals surface area contributed by atoms with Gasteiger partial charge in [0.15, 0.2) is 6.10 Å². The topological polar surface area (TPSA) is 78.9 Å². The number of rotatable bonds is 47. The third-order valence-corrected chi connectivity index (χ3v) is 10.9. The quantitative estimate of drug-likeness (QED) is 0.0262. The van der Waals surface area contributed by atoms with Gasteiger partial charge in [-0.1, -0.05) is 206 Å². The van der Waals surface area contributed by atoms with E-state index in [1.54, 1.807) is 0 Å². The van der Waals surface area contributed by atoms with Crippen LogP contribution in [0.4, 0.5) is 0 Å². The van der Waals surface area contributed by atoms with Gasteiger partial charge in [0.1, 0.15) is 13.2 Å². The number of esters is 3. The fourth-order valence-electron chi connectivity index (χ4n) is 6.93. The predicted molar refractivity (Wildman–Crippen MR) is 288 cm³/mol. The Morgan fingerprint density at radius 3 is 0.955 bits per heavy atom. The SMILES string of the molecule is CC/C=C\C/C=C\C/C=C\C/C=C\CCCCCCC(=O)OC[C@H](COC(=O)CCCCCCC/C=C\C/C=C\C/C=C\CC)OC(=O)CCC/C=C\C/C=C\C/C=C\CCCCCCCC. The maximum atomic E-state index is 12.8. The Labute approximate surface area is 412 Å². The maximum Gasteiger partial charge on any atom is 0.306 e. The van der Waals surface area contributed by atoms with Crippen molar-refractivity contribution >= 4 is 17.9 Å². The van der Waals surface area contributed by atoms with Gasteiger partial charge >= 0.3 is 17.9 Å². The van der Waals surface area contributed by atoms with E-state index in [4.69, 9.17) is 14.2 Å². The van der Waals surface area contributed by atoms with Gasteiger partial charge in [0.2, 0.25) is 0 Å². The molecule has 0 heterocycles. The third-order valence-electron chi connectivity index (χ3n) is 10.9. The van der Waals surface area contributed by atoms with Crippen molar-refractivity contribution in [2.45, 2.75) is 232 Å². The molecule has 0 N–H and O–H groups in total.